The highest BCUT2D eigenvalue weighted by atomic mass is 16.2. The molecule has 6 nitrogen and oxygen atoms in total. The average Bonchev–Trinajstić information content (AvgIpc) is 2.45. The number of amides is 3. The number of carbonyl (C=O) groups excluding carboxylic acids is 2. The van der Waals surface area contributed by atoms with E-state index in [1.165, 1.54) is 0 Å². The monoisotopic (exact) mass is 214 g/mol. The molecule has 1 rings (SSSR count). The fourth-order valence-corrected chi connectivity index (χ4v) is 2.03. The minimum Gasteiger partial charge on any atom is -0.351 e. The van der Waals surface area contributed by atoms with Crippen LogP contribution in [0.25, 0.3) is 0 Å². The van der Waals surface area contributed by atoms with Gasteiger partial charge >= 0.3 is 6.03 Å². The van der Waals surface area contributed by atoms with Gasteiger partial charge in [0.05, 0.1) is 6.54 Å². The number of hydrogen-bond donors (Lipinski definition) is 3. The first kappa shape index (κ1) is 11.9. The molecule has 1 fully saturated rings. The third kappa shape index (κ3) is 3.17. The van der Waals surface area contributed by atoms with E-state index in [0.29, 0.717) is 12.5 Å². The second kappa shape index (κ2) is 5.09. The smallest absolute Gasteiger partial charge is 0.318 e. The summed E-state index contributed by atoms with van der Waals surface area (Å²) in [4.78, 5) is 23.7. The summed E-state index contributed by atoms with van der Waals surface area (Å²) < 4.78 is 0. The van der Waals surface area contributed by atoms with E-state index in [9.17, 15) is 9.59 Å². The van der Waals surface area contributed by atoms with Crippen molar-refractivity contribution in [2.45, 2.75) is 19.4 Å². The summed E-state index contributed by atoms with van der Waals surface area (Å²) in [7, 11) is 0. The van der Waals surface area contributed by atoms with E-state index >= 15 is 0 Å². The van der Waals surface area contributed by atoms with Gasteiger partial charge in [0.15, 0.2) is 0 Å². The van der Waals surface area contributed by atoms with Crippen LogP contribution in [-0.4, -0.2) is 42.5 Å². The third-order valence-electron chi connectivity index (χ3n) is 2.85. The quantitative estimate of drug-likeness (QED) is 0.552. The summed E-state index contributed by atoms with van der Waals surface area (Å²) in [5, 5.41) is 2.05. The van der Waals surface area contributed by atoms with Gasteiger partial charge in [-0.3, -0.25) is 15.0 Å². The third-order valence-corrected chi connectivity index (χ3v) is 2.85. The summed E-state index contributed by atoms with van der Waals surface area (Å²) >= 11 is 0. The Hall–Kier alpha value is -1.14. The van der Waals surface area contributed by atoms with Crippen LogP contribution in [0.5, 0.6) is 0 Å². The minimum atomic E-state index is -0.809. The molecule has 15 heavy (non-hydrogen) atoms. The lowest BCUT2D eigenvalue weighted by atomic mass is 10.0. The number of imide groups is 1. The van der Waals surface area contributed by atoms with Crippen LogP contribution in [0, 0.1) is 5.92 Å². The molecule has 1 aliphatic heterocycles. The van der Waals surface area contributed by atoms with Gasteiger partial charge in [-0.25, -0.2) is 4.79 Å². The first-order valence-corrected chi connectivity index (χ1v) is 5.08. The molecule has 1 saturated heterocycles. The summed E-state index contributed by atoms with van der Waals surface area (Å²) in [5.74, 6) is 0.131. The maximum Gasteiger partial charge on any atom is 0.318 e. The van der Waals surface area contributed by atoms with Crippen LogP contribution in [0.4, 0.5) is 4.79 Å². The van der Waals surface area contributed by atoms with Crippen molar-refractivity contribution in [3.8, 4) is 0 Å². The van der Waals surface area contributed by atoms with Gasteiger partial charge in [0, 0.05) is 12.6 Å². The standard InChI is InChI=1S/C9H18N4O2/c1-6-2-3-13(7(6)4-10)5-8(14)12-9(11)15/h6-7H,2-5,10H2,1H3,(H3,11,12,14,15). The Morgan fingerprint density at radius 1 is 1.53 bits per heavy atom. The molecular weight excluding hydrogens is 196 g/mol. The van der Waals surface area contributed by atoms with Crippen molar-refractivity contribution in [3.05, 3.63) is 0 Å². The average molecular weight is 214 g/mol. The van der Waals surface area contributed by atoms with Gasteiger partial charge < -0.3 is 11.5 Å². The summed E-state index contributed by atoms with van der Waals surface area (Å²) in [6, 6.07) is -0.583. The molecule has 3 amide bonds. The van der Waals surface area contributed by atoms with Crippen molar-refractivity contribution in [2.24, 2.45) is 17.4 Å². The number of carbonyl (C=O) groups is 2. The second-order valence-corrected chi connectivity index (χ2v) is 3.95. The van der Waals surface area contributed by atoms with Crippen molar-refractivity contribution < 1.29 is 9.59 Å². The lowest BCUT2D eigenvalue weighted by Gasteiger charge is -2.24. The summed E-state index contributed by atoms with van der Waals surface area (Å²) in [5.41, 5.74) is 10.5. The Morgan fingerprint density at radius 2 is 2.20 bits per heavy atom. The zero-order valence-electron chi connectivity index (χ0n) is 8.90. The zero-order valence-corrected chi connectivity index (χ0v) is 8.90. The molecule has 0 radical (unpaired) electrons. The molecular formula is C9H18N4O2. The van der Waals surface area contributed by atoms with E-state index in [1.807, 2.05) is 10.2 Å². The maximum atomic E-state index is 11.3. The minimum absolute atomic E-state index is 0.190. The van der Waals surface area contributed by atoms with Crippen molar-refractivity contribution in [2.75, 3.05) is 19.6 Å². The Labute approximate surface area is 89.0 Å². The molecule has 2 atom stereocenters. The van der Waals surface area contributed by atoms with Gasteiger partial charge in [-0.1, -0.05) is 6.92 Å². The molecule has 0 aromatic carbocycles. The van der Waals surface area contributed by atoms with Crippen molar-refractivity contribution in [3.63, 3.8) is 0 Å². The molecule has 0 spiro atoms. The fourth-order valence-electron chi connectivity index (χ4n) is 2.03. The molecule has 1 heterocycles. The van der Waals surface area contributed by atoms with Crippen molar-refractivity contribution in [1.29, 1.82) is 0 Å². The van der Waals surface area contributed by atoms with Crippen LogP contribution in [0.1, 0.15) is 13.3 Å². The number of primary amides is 1. The van der Waals surface area contributed by atoms with Gasteiger partial charge in [0.25, 0.3) is 0 Å². The lowest BCUT2D eigenvalue weighted by molar-refractivity contribution is -0.121. The molecule has 2 unspecified atom stereocenters. The molecule has 1 aliphatic rings. The zero-order chi connectivity index (χ0) is 11.4. The first-order chi connectivity index (χ1) is 7.04. The fraction of sp³-hybridized carbons (Fsp3) is 0.778. The summed E-state index contributed by atoms with van der Waals surface area (Å²) in [6.07, 6.45) is 1.03. The number of nitrogens with two attached hydrogens (primary N) is 2. The number of nitrogens with one attached hydrogen (secondary N) is 1. The molecule has 0 aliphatic carbocycles. The van der Waals surface area contributed by atoms with Gasteiger partial charge in [-0.2, -0.15) is 0 Å². The molecule has 0 aromatic rings. The normalized spacial score (nSPS) is 26.5. The highest BCUT2D eigenvalue weighted by Gasteiger charge is 2.31. The second-order valence-electron chi connectivity index (χ2n) is 3.95. The highest BCUT2D eigenvalue weighted by Crippen LogP contribution is 2.22. The Morgan fingerprint density at radius 3 is 2.73 bits per heavy atom. The Balaban J connectivity index is 2.44. The molecule has 0 aromatic heterocycles. The van der Waals surface area contributed by atoms with E-state index in [4.69, 9.17) is 11.5 Å². The predicted molar refractivity (Wildman–Crippen MR) is 55.9 cm³/mol. The SMILES string of the molecule is CC1CCN(CC(=O)NC(N)=O)C1CN. The number of likely N-dealkylation sites (tertiary alicyclic amines) is 1. The largest absolute Gasteiger partial charge is 0.351 e. The Bertz CT molecular complexity index is 256. The number of rotatable bonds is 3. The first-order valence-electron chi connectivity index (χ1n) is 5.08. The van der Waals surface area contributed by atoms with Crippen molar-refractivity contribution in [1.82, 2.24) is 10.2 Å². The van der Waals surface area contributed by atoms with Crippen LogP contribution in [0.15, 0.2) is 0 Å². The topological polar surface area (TPSA) is 101 Å². The number of urea groups is 1. The molecule has 6 heteroatoms. The van der Waals surface area contributed by atoms with E-state index in [-0.39, 0.29) is 18.5 Å². The van der Waals surface area contributed by atoms with Crippen LogP contribution >= 0.6 is 0 Å². The van der Waals surface area contributed by atoms with E-state index in [0.717, 1.165) is 13.0 Å². The van der Waals surface area contributed by atoms with Gasteiger partial charge in [-0.15, -0.1) is 0 Å². The molecule has 0 bridgehead atoms. The summed E-state index contributed by atoms with van der Waals surface area (Å²) in [6.45, 7) is 3.68. The molecule has 86 valence electrons. The Kier molecular flexibility index (Phi) is 4.05. The van der Waals surface area contributed by atoms with E-state index in [1.54, 1.807) is 0 Å². The van der Waals surface area contributed by atoms with Crippen LogP contribution in [0.3, 0.4) is 0 Å². The van der Waals surface area contributed by atoms with E-state index < -0.39 is 6.03 Å². The van der Waals surface area contributed by atoms with Gasteiger partial charge in [0.1, 0.15) is 0 Å². The number of nitrogens with zero attached hydrogens (tertiary/aromatic N) is 1. The van der Waals surface area contributed by atoms with E-state index in [2.05, 4.69) is 6.92 Å². The van der Waals surface area contributed by atoms with Crippen molar-refractivity contribution >= 4 is 11.9 Å². The molecule has 0 saturated carbocycles. The number of hydrogen-bond acceptors (Lipinski definition) is 4. The highest BCUT2D eigenvalue weighted by molar-refractivity contribution is 5.94. The lowest BCUT2D eigenvalue weighted by Crippen LogP contribution is -2.46. The van der Waals surface area contributed by atoms with Crippen LogP contribution in [0.2, 0.25) is 0 Å². The van der Waals surface area contributed by atoms with Crippen LogP contribution in [-0.2, 0) is 4.79 Å². The predicted octanol–water partition coefficient (Wildman–Crippen LogP) is -1.15. The molecule has 5 N–H and O–H groups in total. The van der Waals surface area contributed by atoms with Gasteiger partial charge in [0.2, 0.25) is 5.91 Å². The van der Waals surface area contributed by atoms with Crippen LogP contribution < -0.4 is 16.8 Å². The maximum absolute atomic E-state index is 11.3. The van der Waals surface area contributed by atoms with Gasteiger partial charge in [-0.05, 0) is 18.9 Å².